The quantitative estimate of drug-likeness (QED) is 0.841. The summed E-state index contributed by atoms with van der Waals surface area (Å²) in [5, 5.41) is 3.62. The van der Waals surface area contributed by atoms with E-state index in [1.54, 1.807) is 0 Å². The molecule has 2 heteroatoms. The number of nitrogens with one attached hydrogen (secondary N) is 1. The van der Waals surface area contributed by atoms with E-state index in [0.717, 1.165) is 25.2 Å². The van der Waals surface area contributed by atoms with Gasteiger partial charge in [-0.2, -0.15) is 0 Å². The van der Waals surface area contributed by atoms with Crippen molar-refractivity contribution in [2.45, 2.75) is 71.0 Å². The van der Waals surface area contributed by atoms with Gasteiger partial charge in [-0.15, -0.1) is 0 Å². The Hall–Kier alpha value is -1.02. The van der Waals surface area contributed by atoms with Crippen LogP contribution in [0.25, 0.3) is 0 Å². The van der Waals surface area contributed by atoms with Crippen LogP contribution >= 0.6 is 0 Å². The molecule has 2 saturated carbocycles. The SMILES string of the molecule is CCN(c1ccc(CNC2CC2)c(C)c1)C1CCCC1. The van der Waals surface area contributed by atoms with Crippen LogP contribution in [0.2, 0.25) is 0 Å². The molecule has 20 heavy (non-hydrogen) atoms. The van der Waals surface area contributed by atoms with Crippen molar-refractivity contribution < 1.29 is 0 Å². The molecule has 1 aromatic carbocycles. The smallest absolute Gasteiger partial charge is 0.0371 e. The number of hydrogen-bond acceptors (Lipinski definition) is 2. The first-order chi connectivity index (χ1) is 9.78. The second-order valence-corrected chi connectivity index (χ2v) is 6.49. The average molecular weight is 272 g/mol. The van der Waals surface area contributed by atoms with Gasteiger partial charge in [-0.05, 0) is 62.8 Å². The van der Waals surface area contributed by atoms with Crippen molar-refractivity contribution in [2.75, 3.05) is 11.4 Å². The van der Waals surface area contributed by atoms with Crippen molar-refractivity contribution in [2.24, 2.45) is 0 Å². The molecule has 2 fully saturated rings. The monoisotopic (exact) mass is 272 g/mol. The molecule has 0 unspecified atom stereocenters. The molecule has 0 heterocycles. The highest BCUT2D eigenvalue weighted by Gasteiger charge is 2.22. The highest BCUT2D eigenvalue weighted by molar-refractivity contribution is 5.51. The van der Waals surface area contributed by atoms with Crippen LogP contribution in [0, 0.1) is 6.92 Å². The molecular formula is C18H28N2. The molecule has 0 amide bonds. The van der Waals surface area contributed by atoms with Gasteiger partial charge in [0.1, 0.15) is 0 Å². The van der Waals surface area contributed by atoms with Crippen molar-refractivity contribution >= 4 is 5.69 Å². The Kier molecular flexibility index (Phi) is 4.30. The first kappa shape index (κ1) is 13.9. The van der Waals surface area contributed by atoms with Gasteiger partial charge in [0.15, 0.2) is 0 Å². The topological polar surface area (TPSA) is 15.3 Å². The summed E-state index contributed by atoms with van der Waals surface area (Å²) in [6.07, 6.45) is 8.29. The summed E-state index contributed by atoms with van der Waals surface area (Å²) < 4.78 is 0. The third-order valence-corrected chi connectivity index (χ3v) is 4.92. The summed E-state index contributed by atoms with van der Waals surface area (Å²) in [5.41, 5.74) is 4.32. The van der Waals surface area contributed by atoms with Crippen molar-refractivity contribution in [3.8, 4) is 0 Å². The van der Waals surface area contributed by atoms with E-state index in [2.05, 4.69) is 42.3 Å². The van der Waals surface area contributed by atoms with Gasteiger partial charge < -0.3 is 10.2 Å². The normalized spacial score (nSPS) is 19.5. The Labute approximate surface area is 123 Å². The molecule has 3 rings (SSSR count). The zero-order valence-corrected chi connectivity index (χ0v) is 13.0. The fourth-order valence-electron chi connectivity index (χ4n) is 3.47. The molecule has 0 aromatic heterocycles. The van der Waals surface area contributed by atoms with E-state index in [9.17, 15) is 0 Å². The van der Waals surface area contributed by atoms with E-state index in [1.165, 1.54) is 55.3 Å². The van der Waals surface area contributed by atoms with Crippen LogP contribution in [-0.4, -0.2) is 18.6 Å². The molecule has 0 radical (unpaired) electrons. The summed E-state index contributed by atoms with van der Waals surface area (Å²) in [6.45, 7) is 6.71. The number of rotatable bonds is 6. The van der Waals surface area contributed by atoms with Crippen molar-refractivity contribution in [1.29, 1.82) is 0 Å². The van der Waals surface area contributed by atoms with Gasteiger partial charge in [0, 0.05) is 30.9 Å². The summed E-state index contributed by atoms with van der Waals surface area (Å²) in [4.78, 5) is 2.61. The molecule has 1 N–H and O–H groups in total. The number of benzene rings is 1. The molecular weight excluding hydrogens is 244 g/mol. The second-order valence-electron chi connectivity index (χ2n) is 6.49. The van der Waals surface area contributed by atoms with Crippen molar-refractivity contribution in [3.05, 3.63) is 29.3 Å². The lowest BCUT2D eigenvalue weighted by Gasteiger charge is -2.30. The molecule has 0 spiro atoms. The minimum absolute atomic E-state index is 0.773. The minimum atomic E-state index is 0.773. The average Bonchev–Trinajstić information content (AvgIpc) is 3.13. The first-order valence-electron chi connectivity index (χ1n) is 8.37. The molecule has 2 nitrogen and oxygen atoms in total. The number of aryl methyl sites for hydroxylation is 1. The summed E-state index contributed by atoms with van der Waals surface area (Å²) in [5.74, 6) is 0. The Morgan fingerprint density at radius 3 is 2.50 bits per heavy atom. The van der Waals surface area contributed by atoms with Crippen molar-refractivity contribution in [3.63, 3.8) is 0 Å². The van der Waals surface area contributed by atoms with Crippen molar-refractivity contribution in [1.82, 2.24) is 5.32 Å². The maximum Gasteiger partial charge on any atom is 0.0371 e. The lowest BCUT2D eigenvalue weighted by Crippen LogP contribution is -2.33. The fraction of sp³-hybridized carbons (Fsp3) is 0.667. The van der Waals surface area contributed by atoms with E-state index >= 15 is 0 Å². The lowest BCUT2D eigenvalue weighted by molar-refractivity contribution is 0.619. The maximum absolute atomic E-state index is 3.62. The molecule has 0 saturated heterocycles. The van der Waals surface area contributed by atoms with Crippen LogP contribution in [0.15, 0.2) is 18.2 Å². The summed E-state index contributed by atoms with van der Waals surface area (Å²) >= 11 is 0. The standard InChI is InChI=1S/C18H28N2/c1-3-20(17-6-4-5-7-17)18-11-8-15(14(2)12-18)13-19-16-9-10-16/h8,11-12,16-17,19H,3-7,9-10,13H2,1-2H3. The molecule has 2 aliphatic rings. The Morgan fingerprint density at radius 2 is 1.90 bits per heavy atom. The molecule has 110 valence electrons. The molecule has 0 bridgehead atoms. The Balaban J connectivity index is 1.70. The molecule has 0 aliphatic heterocycles. The first-order valence-corrected chi connectivity index (χ1v) is 8.37. The maximum atomic E-state index is 3.62. The number of nitrogens with zero attached hydrogens (tertiary/aromatic N) is 1. The van der Waals surface area contributed by atoms with Crippen LogP contribution in [0.4, 0.5) is 5.69 Å². The molecule has 2 aliphatic carbocycles. The zero-order valence-electron chi connectivity index (χ0n) is 13.0. The summed E-state index contributed by atoms with van der Waals surface area (Å²) in [6, 6.07) is 8.62. The van der Waals surface area contributed by atoms with Crippen LogP contribution < -0.4 is 10.2 Å². The highest BCUT2D eigenvalue weighted by Crippen LogP contribution is 2.29. The van der Waals surface area contributed by atoms with E-state index in [-0.39, 0.29) is 0 Å². The Morgan fingerprint density at radius 1 is 1.15 bits per heavy atom. The van der Waals surface area contributed by atoms with Gasteiger partial charge in [-0.1, -0.05) is 18.9 Å². The number of anilines is 1. The van der Waals surface area contributed by atoms with Gasteiger partial charge in [-0.3, -0.25) is 0 Å². The second kappa shape index (κ2) is 6.17. The minimum Gasteiger partial charge on any atom is -0.369 e. The van der Waals surface area contributed by atoms with E-state index in [0.29, 0.717) is 0 Å². The predicted molar refractivity (Wildman–Crippen MR) is 86.3 cm³/mol. The van der Waals surface area contributed by atoms with Gasteiger partial charge >= 0.3 is 0 Å². The van der Waals surface area contributed by atoms with Gasteiger partial charge in [-0.25, -0.2) is 0 Å². The van der Waals surface area contributed by atoms with E-state index in [1.807, 2.05) is 0 Å². The predicted octanol–water partition coefficient (Wildman–Crippen LogP) is 4.02. The van der Waals surface area contributed by atoms with Crippen LogP contribution in [0.5, 0.6) is 0 Å². The lowest BCUT2D eigenvalue weighted by atomic mass is 10.1. The summed E-state index contributed by atoms with van der Waals surface area (Å²) in [7, 11) is 0. The van der Waals surface area contributed by atoms with Gasteiger partial charge in [0.05, 0.1) is 0 Å². The molecule has 1 aromatic rings. The zero-order chi connectivity index (χ0) is 13.9. The van der Waals surface area contributed by atoms with Crippen LogP contribution in [0.3, 0.4) is 0 Å². The van der Waals surface area contributed by atoms with Crippen LogP contribution in [0.1, 0.15) is 56.6 Å². The van der Waals surface area contributed by atoms with Gasteiger partial charge in [0.2, 0.25) is 0 Å². The third kappa shape index (κ3) is 3.17. The molecule has 0 atom stereocenters. The van der Waals surface area contributed by atoms with E-state index in [4.69, 9.17) is 0 Å². The largest absolute Gasteiger partial charge is 0.369 e. The van der Waals surface area contributed by atoms with Gasteiger partial charge in [0.25, 0.3) is 0 Å². The third-order valence-electron chi connectivity index (χ3n) is 4.92. The van der Waals surface area contributed by atoms with Crippen LogP contribution in [-0.2, 0) is 6.54 Å². The number of hydrogen-bond donors (Lipinski definition) is 1. The highest BCUT2D eigenvalue weighted by atomic mass is 15.2. The Bertz CT molecular complexity index is 445. The van der Waals surface area contributed by atoms with E-state index < -0.39 is 0 Å². The fourth-order valence-corrected chi connectivity index (χ4v) is 3.47.